The van der Waals surface area contributed by atoms with Gasteiger partial charge in [-0.1, -0.05) is 0 Å². The molecule has 1 aromatic carbocycles. The minimum Gasteiger partial charge on any atom is -0.479 e. The molecule has 0 bridgehead atoms. The summed E-state index contributed by atoms with van der Waals surface area (Å²) in [5.74, 6) is 0.0813. The number of aliphatic hydroxyl groups is 1. The summed E-state index contributed by atoms with van der Waals surface area (Å²) in [4.78, 5) is 7.67. The fourth-order valence-corrected chi connectivity index (χ4v) is 1.46. The summed E-state index contributed by atoms with van der Waals surface area (Å²) >= 11 is 0. The van der Waals surface area contributed by atoms with Crippen LogP contribution in [-0.4, -0.2) is 22.2 Å². The molecular weight excluding hydrogens is 253 g/mol. The number of nitrogen functional groups attached to an aromatic ring is 1. The molecule has 1 heterocycles. The molecule has 0 fully saturated rings. The zero-order valence-corrected chi connectivity index (χ0v) is 10.1. The molecule has 0 unspecified atom stereocenters. The summed E-state index contributed by atoms with van der Waals surface area (Å²) in [5.41, 5.74) is 6.00. The number of nitrogens with zero attached hydrogens (tertiary/aromatic N) is 2. The first-order chi connectivity index (χ1) is 9.15. The van der Waals surface area contributed by atoms with E-state index in [4.69, 9.17) is 20.3 Å². The van der Waals surface area contributed by atoms with Crippen LogP contribution in [0.4, 0.5) is 10.1 Å². The Bertz CT molecular complexity index is 592. The monoisotopic (exact) mass is 265 g/mol. The third-order valence-electron chi connectivity index (χ3n) is 2.41. The molecule has 2 aromatic rings. The maximum absolute atomic E-state index is 13.2. The van der Waals surface area contributed by atoms with Gasteiger partial charge in [-0.2, -0.15) is 9.97 Å². The van der Waals surface area contributed by atoms with Crippen molar-refractivity contribution in [1.82, 2.24) is 9.97 Å². The maximum Gasteiger partial charge on any atom is 0.249 e. The van der Waals surface area contributed by atoms with Gasteiger partial charge in [0.15, 0.2) is 5.69 Å². The van der Waals surface area contributed by atoms with Gasteiger partial charge in [-0.25, -0.2) is 4.39 Å². The molecule has 0 spiro atoms. The van der Waals surface area contributed by atoms with Crippen LogP contribution >= 0.6 is 0 Å². The van der Waals surface area contributed by atoms with E-state index in [-0.39, 0.29) is 23.0 Å². The number of methoxy groups -OCH3 is 1. The van der Waals surface area contributed by atoms with Gasteiger partial charge in [0.25, 0.3) is 0 Å². The summed E-state index contributed by atoms with van der Waals surface area (Å²) in [6, 6.07) is 3.96. The van der Waals surface area contributed by atoms with Crippen molar-refractivity contribution < 1.29 is 19.0 Å². The Balaban J connectivity index is 2.31. The first kappa shape index (κ1) is 13.0. The fourth-order valence-electron chi connectivity index (χ4n) is 1.46. The molecule has 100 valence electrons. The molecule has 0 radical (unpaired) electrons. The van der Waals surface area contributed by atoms with Gasteiger partial charge in [-0.05, 0) is 18.2 Å². The molecule has 3 N–H and O–H groups in total. The Morgan fingerprint density at radius 2 is 2.05 bits per heavy atom. The number of hydrogen-bond donors (Lipinski definition) is 2. The lowest BCUT2D eigenvalue weighted by Crippen LogP contribution is -2.01. The minimum atomic E-state index is -0.511. The van der Waals surface area contributed by atoms with E-state index in [1.165, 1.54) is 31.6 Å². The normalized spacial score (nSPS) is 10.3. The van der Waals surface area contributed by atoms with Crippen LogP contribution in [0.25, 0.3) is 0 Å². The van der Waals surface area contributed by atoms with Crippen LogP contribution < -0.4 is 15.2 Å². The summed E-state index contributed by atoms with van der Waals surface area (Å²) in [5, 5.41) is 8.98. The van der Waals surface area contributed by atoms with E-state index in [2.05, 4.69) is 9.97 Å². The van der Waals surface area contributed by atoms with E-state index in [0.29, 0.717) is 5.75 Å². The van der Waals surface area contributed by atoms with Crippen LogP contribution in [0.2, 0.25) is 0 Å². The number of benzene rings is 1. The van der Waals surface area contributed by atoms with Crippen molar-refractivity contribution in [1.29, 1.82) is 0 Å². The van der Waals surface area contributed by atoms with Gasteiger partial charge in [0.1, 0.15) is 17.9 Å². The van der Waals surface area contributed by atoms with Crippen LogP contribution in [0.1, 0.15) is 5.56 Å². The Morgan fingerprint density at radius 3 is 2.74 bits per heavy atom. The standard InChI is InChI=1S/C12H12FN3O3/c1-18-11-10(14)12(16-6-15-11)19-8-2-3-9(13)7(4-8)5-17/h2-4,6,17H,5,14H2,1H3. The number of anilines is 1. The topological polar surface area (TPSA) is 90.5 Å². The van der Waals surface area contributed by atoms with Gasteiger partial charge in [0.2, 0.25) is 11.8 Å². The number of hydrogen-bond acceptors (Lipinski definition) is 6. The molecule has 7 heteroatoms. The molecule has 0 aliphatic rings. The SMILES string of the molecule is COc1ncnc(Oc2ccc(F)c(CO)c2)c1N. The first-order valence-electron chi connectivity index (χ1n) is 5.37. The predicted molar refractivity (Wildman–Crippen MR) is 65.4 cm³/mol. The molecule has 0 atom stereocenters. The highest BCUT2D eigenvalue weighted by molar-refractivity contribution is 5.56. The molecule has 2 rings (SSSR count). The largest absolute Gasteiger partial charge is 0.479 e. The lowest BCUT2D eigenvalue weighted by atomic mass is 10.2. The summed E-state index contributed by atoms with van der Waals surface area (Å²) in [7, 11) is 1.42. The molecule has 6 nitrogen and oxygen atoms in total. The number of halogens is 1. The van der Waals surface area contributed by atoms with Crippen LogP contribution in [0.3, 0.4) is 0 Å². The molecule has 0 amide bonds. The quantitative estimate of drug-likeness (QED) is 0.870. The smallest absolute Gasteiger partial charge is 0.249 e. The van der Waals surface area contributed by atoms with E-state index >= 15 is 0 Å². The van der Waals surface area contributed by atoms with Gasteiger partial charge in [-0.3, -0.25) is 0 Å². The molecule has 0 aliphatic carbocycles. The summed E-state index contributed by atoms with van der Waals surface area (Å²) in [6.07, 6.45) is 1.24. The second kappa shape index (κ2) is 5.49. The minimum absolute atomic E-state index is 0.0994. The maximum atomic E-state index is 13.2. The van der Waals surface area contributed by atoms with Gasteiger partial charge >= 0.3 is 0 Å². The average molecular weight is 265 g/mol. The van der Waals surface area contributed by atoms with Crippen molar-refractivity contribution >= 4 is 5.69 Å². The Labute approximate surface area is 108 Å². The lowest BCUT2D eigenvalue weighted by Gasteiger charge is -2.10. The third kappa shape index (κ3) is 2.71. The highest BCUT2D eigenvalue weighted by Crippen LogP contribution is 2.30. The average Bonchev–Trinajstić information content (AvgIpc) is 2.43. The number of ether oxygens (including phenoxy) is 2. The van der Waals surface area contributed by atoms with E-state index in [1.54, 1.807) is 0 Å². The van der Waals surface area contributed by atoms with Crippen molar-refractivity contribution in [3.05, 3.63) is 35.9 Å². The van der Waals surface area contributed by atoms with E-state index in [1.807, 2.05) is 0 Å². The van der Waals surface area contributed by atoms with Crippen molar-refractivity contribution in [3.63, 3.8) is 0 Å². The first-order valence-corrected chi connectivity index (χ1v) is 5.37. The van der Waals surface area contributed by atoms with Gasteiger partial charge < -0.3 is 20.3 Å². The molecular formula is C12H12FN3O3. The molecule has 0 saturated carbocycles. The number of aromatic nitrogens is 2. The van der Waals surface area contributed by atoms with Crippen molar-refractivity contribution in [2.24, 2.45) is 0 Å². The molecule has 1 aromatic heterocycles. The molecule has 19 heavy (non-hydrogen) atoms. The van der Waals surface area contributed by atoms with Crippen LogP contribution in [0.5, 0.6) is 17.5 Å². The second-order valence-electron chi connectivity index (χ2n) is 3.62. The Kier molecular flexibility index (Phi) is 3.76. The van der Waals surface area contributed by atoms with Crippen molar-refractivity contribution in [2.45, 2.75) is 6.61 Å². The van der Waals surface area contributed by atoms with Crippen LogP contribution in [0, 0.1) is 5.82 Å². The zero-order valence-electron chi connectivity index (χ0n) is 10.1. The van der Waals surface area contributed by atoms with E-state index in [9.17, 15) is 4.39 Å². The number of aliphatic hydroxyl groups excluding tert-OH is 1. The van der Waals surface area contributed by atoms with Gasteiger partial charge in [-0.15, -0.1) is 0 Å². The number of rotatable bonds is 4. The number of nitrogens with two attached hydrogens (primary N) is 1. The van der Waals surface area contributed by atoms with Gasteiger partial charge in [0, 0.05) is 5.56 Å². The highest BCUT2D eigenvalue weighted by Gasteiger charge is 2.11. The van der Waals surface area contributed by atoms with Crippen molar-refractivity contribution in [2.75, 3.05) is 12.8 Å². The summed E-state index contributed by atoms with van der Waals surface area (Å²) < 4.78 is 23.6. The second-order valence-corrected chi connectivity index (χ2v) is 3.62. The van der Waals surface area contributed by atoms with E-state index < -0.39 is 12.4 Å². The summed E-state index contributed by atoms with van der Waals surface area (Å²) in [6.45, 7) is -0.425. The molecule has 0 aliphatic heterocycles. The molecule has 0 saturated heterocycles. The predicted octanol–water partition coefficient (Wildman–Crippen LogP) is 1.49. The van der Waals surface area contributed by atoms with Crippen LogP contribution in [0.15, 0.2) is 24.5 Å². The van der Waals surface area contributed by atoms with Crippen LogP contribution in [-0.2, 0) is 6.61 Å². The Morgan fingerprint density at radius 1 is 1.32 bits per heavy atom. The highest BCUT2D eigenvalue weighted by atomic mass is 19.1. The van der Waals surface area contributed by atoms with Crippen molar-refractivity contribution in [3.8, 4) is 17.5 Å². The Hall–Kier alpha value is -2.41. The van der Waals surface area contributed by atoms with E-state index in [0.717, 1.165) is 0 Å². The zero-order chi connectivity index (χ0) is 13.8. The lowest BCUT2D eigenvalue weighted by molar-refractivity contribution is 0.275. The fraction of sp³-hybridized carbons (Fsp3) is 0.167. The van der Waals surface area contributed by atoms with Gasteiger partial charge in [0.05, 0.1) is 13.7 Å². The third-order valence-corrected chi connectivity index (χ3v) is 2.41.